The van der Waals surface area contributed by atoms with E-state index in [0.29, 0.717) is 12.4 Å². The summed E-state index contributed by atoms with van der Waals surface area (Å²) in [5.74, 6) is 0.874. The van der Waals surface area contributed by atoms with Gasteiger partial charge in [-0.1, -0.05) is 12.1 Å². The molecule has 1 amide bonds. The van der Waals surface area contributed by atoms with Crippen molar-refractivity contribution in [2.24, 2.45) is 7.05 Å². The molecule has 6 nitrogen and oxygen atoms in total. The minimum absolute atomic E-state index is 0.237. The summed E-state index contributed by atoms with van der Waals surface area (Å²) >= 11 is 0. The van der Waals surface area contributed by atoms with Gasteiger partial charge >= 0.3 is 0 Å². The van der Waals surface area contributed by atoms with Crippen LogP contribution in [0, 0.1) is 0 Å². The fourth-order valence-electron chi connectivity index (χ4n) is 1.87. The average molecular weight is 255 g/mol. The van der Waals surface area contributed by atoms with E-state index in [0.717, 1.165) is 16.9 Å². The zero-order valence-electron chi connectivity index (χ0n) is 10.4. The van der Waals surface area contributed by atoms with E-state index >= 15 is 0 Å². The summed E-state index contributed by atoms with van der Waals surface area (Å²) in [7, 11) is 1.88. The van der Waals surface area contributed by atoms with Crippen molar-refractivity contribution in [3.05, 3.63) is 48.3 Å². The lowest BCUT2D eigenvalue weighted by Gasteiger charge is -2.02. The lowest BCUT2D eigenvalue weighted by molar-refractivity contribution is 0.0940. The Labute approximate surface area is 109 Å². The van der Waals surface area contributed by atoms with Crippen molar-refractivity contribution in [3.63, 3.8) is 0 Å². The maximum atomic E-state index is 12.0. The van der Waals surface area contributed by atoms with Gasteiger partial charge in [0.15, 0.2) is 5.82 Å². The number of para-hydroxylation sites is 2. The SMILES string of the molecule is Cn1ccnc1CNC(=O)c1nc2ccccc2[nH]1. The van der Waals surface area contributed by atoms with Crippen LogP contribution in [0.25, 0.3) is 11.0 Å². The van der Waals surface area contributed by atoms with E-state index in [1.165, 1.54) is 0 Å². The first kappa shape index (κ1) is 11.5. The van der Waals surface area contributed by atoms with Gasteiger partial charge in [-0.15, -0.1) is 0 Å². The van der Waals surface area contributed by atoms with Crippen LogP contribution >= 0.6 is 0 Å². The van der Waals surface area contributed by atoms with Gasteiger partial charge in [-0.05, 0) is 12.1 Å². The summed E-state index contributed by atoms with van der Waals surface area (Å²) in [4.78, 5) is 23.4. The second-order valence-electron chi connectivity index (χ2n) is 4.24. The van der Waals surface area contributed by atoms with E-state index in [2.05, 4.69) is 20.3 Å². The summed E-state index contributed by atoms with van der Waals surface area (Å²) in [6.45, 7) is 0.374. The third-order valence-electron chi connectivity index (χ3n) is 2.93. The van der Waals surface area contributed by atoms with E-state index in [1.807, 2.05) is 42.1 Å². The van der Waals surface area contributed by atoms with Gasteiger partial charge in [0.1, 0.15) is 5.82 Å². The standard InChI is InChI=1S/C13H13N5O/c1-18-7-6-14-11(18)8-15-13(19)12-16-9-4-2-3-5-10(9)17-12/h2-7H,8H2,1H3,(H,15,19)(H,16,17). The molecule has 0 bridgehead atoms. The second kappa shape index (κ2) is 4.56. The monoisotopic (exact) mass is 255 g/mol. The molecule has 1 aromatic carbocycles. The molecule has 0 atom stereocenters. The average Bonchev–Trinajstić information content (AvgIpc) is 3.01. The van der Waals surface area contributed by atoms with Crippen LogP contribution < -0.4 is 5.32 Å². The van der Waals surface area contributed by atoms with E-state index in [-0.39, 0.29) is 5.91 Å². The Balaban J connectivity index is 1.75. The molecule has 2 N–H and O–H groups in total. The number of amides is 1. The summed E-state index contributed by atoms with van der Waals surface area (Å²) in [5.41, 5.74) is 1.63. The Morgan fingerprint density at radius 1 is 1.42 bits per heavy atom. The minimum atomic E-state index is -0.237. The predicted molar refractivity (Wildman–Crippen MR) is 70.5 cm³/mol. The molecule has 6 heteroatoms. The fraction of sp³-hybridized carbons (Fsp3) is 0.154. The topological polar surface area (TPSA) is 75.6 Å². The Morgan fingerprint density at radius 3 is 3.00 bits per heavy atom. The molecule has 0 saturated heterocycles. The zero-order valence-corrected chi connectivity index (χ0v) is 10.4. The third kappa shape index (κ3) is 2.20. The maximum Gasteiger partial charge on any atom is 0.287 e. The number of aromatic nitrogens is 4. The van der Waals surface area contributed by atoms with Crippen molar-refractivity contribution in [2.45, 2.75) is 6.54 Å². The number of nitrogens with one attached hydrogen (secondary N) is 2. The van der Waals surface area contributed by atoms with Crippen LogP contribution in [-0.2, 0) is 13.6 Å². The minimum Gasteiger partial charge on any atom is -0.342 e. The zero-order chi connectivity index (χ0) is 13.2. The van der Waals surface area contributed by atoms with Crippen LogP contribution in [0.3, 0.4) is 0 Å². The van der Waals surface area contributed by atoms with Crippen molar-refractivity contribution in [2.75, 3.05) is 0 Å². The predicted octanol–water partition coefficient (Wildman–Crippen LogP) is 1.23. The number of carbonyl (C=O) groups excluding carboxylic acids is 1. The molecule has 0 aliphatic rings. The number of rotatable bonds is 3. The quantitative estimate of drug-likeness (QED) is 0.739. The van der Waals surface area contributed by atoms with Gasteiger partial charge < -0.3 is 14.9 Å². The van der Waals surface area contributed by atoms with Crippen molar-refractivity contribution >= 4 is 16.9 Å². The van der Waals surface area contributed by atoms with Crippen LogP contribution in [0.2, 0.25) is 0 Å². The molecular formula is C13H13N5O. The van der Waals surface area contributed by atoms with Gasteiger partial charge in [0, 0.05) is 19.4 Å². The molecule has 3 rings (SSSR count). The summed E-state index contributed by atoms with van der Waals surface area (Å²) in [6, 6.07) is 7.54. The van der Waals surface area contributed by atoms with Crippen molar-refractivity contribution in [1.29, 1.82) is 0 Å². The number of aromatic amines is 1. The van der Waals surface area contributed by atoms with Crippen LogP contribution in [0.5, 0.6) is 0 Å². The first-order valence-corrected chi connectivity index (χ1v) is 5.93. The number of carbonyl (C=O) groups is 1. The highest BCUT2D eigenvalue weighted by atomic mass is 16.2. The van der Waals surface area contributed by atoms with Gasteiger partial charge in [-0.3, -0.25) is 4.79 Å². The van der Waals surface area contributed by atoms with Crippen molar-refractivity contribution < 1.29 is 4.79 Å². The van der Waals surface area contributed by atoms with Gasteiger partial charge in [0.25, 0.3) is 5.91 Å². The third-order valence-corrected chi connectivity index (χ3v) is 2.93. The normalized spacial score (nSPS) is 10.8. The Kier molecular flexibility index (Phi) is 2.75. The van der Waals surface area contributed by atoms with E-state index in [1.54, 1.807) is 6.20 Å². The lowest BCUT2D eigenvalue weighted by atomic mass is 10.3. The molecule has 19 heavy (non-hydrogen) atoms. The Bertz CT molecular complexity index is 694. The van der Waals surface area contributed by atoms with Crippen LogP contribution in [0.1, 0.15) is 16.4 Å². The van der Waals surface area contributed by atoms with E-state index in [9.17, 15) is 4.79 Å². The molecule has 0 spiro atoms. The van der Waals surface area contributed by atoms with Gasteiger partial charge in [-0.2, -0.15) is 0 Å². The molecule has 2 heterocycles. The Morgan fingerprint density at radius 2 is 2.26 bits per heavy atom. The molecule has 0 unspecified atom stereocenters. The van der Waals surface area contributed by atoms with E-state index in [4.69, 9.17) is 0 Å². The molecule has 96 valence electrons. The Hall–Kier alpha value is -2.63. The highest BCUT2D eigenvalue weighted by Gasteiger charge is 2.11. The molecule has 0 aliphatic heterocycles. The molecule has 0 aliphatic carbocycles. The fourth-order valence-corrected chi connectivity index (χ4v) is 1.87. The van der Waals surface area contributed by atoms with Crippen LogP contribution in [0.15, 0.2) is 36.7 Å². The summed E-state index contributed by atoms with van der Waals surface area (Å²) in [5, 5.41) is 2.79. The van der Waals surface area contributed by atoms with Gasteiger partial charge in [0.2, 0.25) is 0 Å². The van der Waals surface area contributed by atoms with E-state index < -0.39 is 0 Å². The first-order chi connectivity index (χ1) is 9.24. The number of hydrogen-bond acceptors (Lipinski definition) is 3. The van der Waals surface area contributed by atoms with Crippen molar-refractivity contribution in [1.82, 2.24) is 24.8 Å². The lowest BCUT2D eigenvalue weighted by Crippen LogP contribution is -2.25. The van der Waals surface area contributed by atoms with Crippen LogP contribution in [0.4, 0.5) is 0 Å². The largest absolute Gasteiger partial charge is 0.342 e. The second-order valence-corrected chi connectivity index (χ2v) is 4.24. The molecule has 0 saturated carbocycles. The first-order valence-electron chi connectivity index (χ1n) is 5.93. The number of fused-ring (bicyclic) bond motifs is 1. The molecule has 2 aromatic heterocycles. The number of imidazole rings is 2. The van der Waals surface area contributed by atoms with Crippen molar-refractivity contribution in [3.8, 4) is 0 Å². The molecule has 0 fully saturated rings. The highest BCUT2D eigenvalue weighted by molar-refractivity contribution is 5.94. The number of nitrogens with zero attached hydrogens (tertiary/aromatic N) is 3. The van der Waals surface area contributed by atoms with Crippen LogP contribution in [-0.4, -0.2) is 25.4 Å². The highest BCUT2D eigenvalue weighted by Crippen LogP contribution is 2.10. The van der Waals surface area contributed by atoms with Gasteiger partial charge in [0.05, 0.1) is 17.6 Å². The number of H-pyrrole nitrogens is 1. The molecule has 3 aromatic rings. The number of hydrogen-bond donors (Lipinski definition) is 2. The summed E-state index contributed by atoms with van der Waals surface area (Å²) < 4.78 is 1.86. The van der Waals surface area contributed by atoms with Gasteiger partial charge in [-0.25, -0.2) is 9.97 Å². The number of aryl methyl sites for hydroxylation is 1. The molecule has 0 radical (unpaired) electrons. The maximum absolute atomic E-state index is 12.0. The molecular weight excluding hydrogens is 242 g/mol. The number of benzene rings is 1. The summed E-state index contributed by atoms with van der Waals surface area (Å²) in [6.07, 6.45) is 3.53. The smallest absolute Gasteiger partial charge is 0.287 e.